The standard InChI is InChI=1S/C23H27N3O/c1-5-17-8-10-21(14-18(17)6-2)26-23(27)11-9-20-16-25-13-12-22(20)19(7-3)15-24-4/h7-16H,5-6H2,1-4H3,(H,26,27)/b11-9+,19-7+,24-15?. The summed E-state index contributed by atoms with van der Waals surface area (Å²) in [6.07, 6.45) is 12.5. The van der Waals surface area contributed by atoms with Gasteiger partial charge in [-0.3, -0.25) is 14.8 Å². The van der Waals surface area contributed by atoms with Gasteiger partial charge in [0.05, 0.1) is 0 Å². The van der Waals surface area contributed by atoms with Crippen molar-refractivity contribution < 1.29 is 4.79 Å². The number of aryl methyl sites for hydroxylation is 2. The van der Waals surface area contributed by atoms with Crippen LogP contribution in [0.1, 0.15) is 43.0 Å². The normalized spacial score (nSPS) is 12.1. The van der Waals surface area contributed by atoms with Crippen LogP contribution in [-0.4, -0.2) is 24.2 Å². The highest BCUT2D eigenvalue weighted by Crippen LogP contribution is 2.19. The van der Waals surface area contributed by atoms with Crippen molar-refractivity contribution in [3.63, 3.8) is 0 Å². The number of aromatic nitrogens is 1. The molecular weight excluding hydrogens is 334 g/mol. The Bertz CT molecular complexity index is 879. The minimum absolute atomic E-state index is 0.165. The topological polar surface area (TPSA) is 54.4 Å². The summed E-state index contributed by atoms with van der Waals surface area (Å²) in [5, 5.41) is 2.94. The highest BCUT2D eigenvalue weighted by Gasteiger charge is 2.06. The Kier molecular flexibility index (Phi) is 7.68. The highest BCUT2D eigenvalue weighted by molar-refractivity contribution is 6.11. The van der Waals surface area contributed by atoms with Crippen LogP contribution in [0, 0.1) is 0 Å². The van der Waals surface area contributed by atoms with Crippen molar-refractivity contribution in [1.29, 1.82) is 0 Å². The number of allylic oxidation sites excluding steroid dienone is 2. The summed E-state index contributed by atoms with van der Waals surface area (Å²) in [5.41, 5.74) is 6.26. The molecule has 0 saturated heterocycles. The van der Waals surface area contributed by atoms with Gasteiger partial charge in [-0.25, -0.2) is 0 Å². The van der Waals surface area contributed by atoms with E-state index in [-0.39, 0.29) is 5.91 Å². The lowest BCUT2D eigenvalue weighted by Crippen LogP contribution is -2.08. The van der Waals surface area contributed by atoms with Gasteiger partial charge in [0.15, 0.2) is 0 Å². The molecule has 1 aromatic heterocycles. The number of amides is 1. The van der Waals surface area contributed by atoms with Gasteiger partial charge in [0.25, 0.3) is 0 Å². The van der Waals surface area contributed by atoms with E-state index in [2.05, 4.69) is 41.3 Å². The Morgan fingerprint density at radius 1 is 1.19 bits per heavy atom. The number of nitrogens with one attached hydrogen (secondary N) is 1. The van der Waals surface area contributed by atoms with Crippen molar-refractivity contribution in [3.8, 4) is 0 Å². The molecule has 0 aliphatic carbocycles. The van der Waals surface area contributed by atoms with Crippen LogP contribution in [0.15, 0.2) is 53.8 Å². The molecule has 1 amide bonds. The first kappa shape index (κ1) is 20.3. The number of hydrogen-bond acceptors (Lipinski definition) is 3. The quantitative estimate of drug-likeness (QED) is 0.559. The molecular formula is C23H27N3O. The molecule has 4 nitrogen and oxygen atoms in total. The molecule has 0 radical (unpaired) electrons. The lowest BCUT2D eigenvalue weighted by atomic mass is 10.0. The summed E-state index contributed by atoms with van der Waals surface area (Å²) in [6, 6.07) is 8.01. The van der Waals surface area contributed by atoms with Crippen LogP contribution in [0.4, 0.5) is 5.69 Å². The molecule has 2 aromatic rings. The van der Waals surface area contributed by atoms with Gasteiger partial charge in [-0.1, -0.05) is 26.0 Å². The first-order valence-electron chi connectivity index (χ1n) is 9.26. The summed E-state index contributed by atoms with van der Waals surface area (Å²) in [5.74, 6) is -0.165. The van der Waals surface area contributed by atoms with E-state index in [0.717, 1.165) is 35.2 Å². The zero-order valence-corrected chi connectivity index (χ0v) is 16.5. The first-order valence-corrected chi connectivity index (χ1v) is 9.26. The Hall–Kier alpha value is -3.01. The van der Waals surface area contributed by atoms with Crippen LogP contribution < -0.4 is 5.32 Å². The van der Waals surface area contributed by atoms with Crippen molar-refractivity contribution in [2.45, 2.75) is 33.6 Å². The van der Waals surface area contributed by atoms with Crippen molar-refractivity contribution in [3.05, 3.63) is 71.1 Å². The second kappa shape index (κ2) is 10.2. The monoisotopic (exact) mass is 361 g/mol. The van der Waals surface area contributed by atoms with Gasteiger partial charge >= 0.3 is 0 Å². The van der Waals surface area contributed by atoms with E-state index >= 15 is 0 Å². The van der Waals surface area contributed by atoms with E-state index in [1.54, 1.807) is 31.7 Å². The number of carbonyl (C=O) groups excluding carboxylic acids is 1. The van der Waals surface area contributed by atoms with Crippen molar-refractivity contribution in [2.24, 2.45) is 4.99 Å². The van der Waals surface area contributed by atoms with Crippen LogP contribution in [0.25, 0.3) is 11.6 Å². The molecule has 2 rings (SSSR count). The van der Waals surface area contributed by atoms with E-state index in [0.29, 0.717) is 0 Å². The number of anilines is 1. The van der Waals surface area contributed by atoms with Crippen LogP contribution in [0.3, 0.4) is 0 Å². The maximum Gasteiger partial charge on any atom is 0.248 e. The Morgan fingerprint density at radius 2 is 1.96 bits per heavy atom. The minimum atomic E-state index is -0.165. The molecule has 1 aromatic carbocycles. The molecule has 0 aliphatic heterocycles. The second-order valence-electron chi connectivity index (χ2n) is 6.11. The average Bonchev–Trinajstić information content (AvgIpc) is 2.70. The van der Waals surface area contributed by atoms with Gasteiger partial charge in [-0.15, -0.1) is 0 Å². The Labute approximate surface area is 161 Å². The first-order chi connectivity index (χ1) is 13.1. The van der Waals surface area contributed by atoms with Gasteiger partial charge in [-0.2, -0.15) is 0 Å². The minimum Gasteiger partial charge on any atom is -0.323 e. The number of aliphatic imine (C=N–C) groups is 1. The Balaban J connectivity index is 2.18. The highest BCUT2D eigenvalue weighted by atomic mass is 16.1. The molecule has 0 unspecified atom stereocenters. The molecule has 0 aliphatic rings. The SMILES string of the molecule is C/C=C(\C=NC)c1ccncc1/C=C/C(=O)Nc1ccc(CC)c(CC)c1. The molecule has 0 spiro atoms. The van der Waals surface area contributed by atoms with Gasteiger partial charge in [0.2, 0.25) is 5.91 Å². The van der Waals surface area contributed by atoms with Gasteiger partial charge in [-0.05, 0) is 66.3 Å². The summed E-state index contributed by atoms with van der Waals surface area (Å²) >= 11 is 0. The lowest BCUT2D eigenvalue weighted by Gasteiger charge is -2.09. The predicted octanol–water partition coefficient (Wildman–Crippen LogP) is 4.96. The molecule has 1 heterocycles. The fraction of sp³-hybridized carbons (Fsp3) is 0.261. The molecule has 1 N–H and O–H groups in total. The van der Waals surface area contributed by atoms with Gasteiger partial charge < -0.3 is 5.32 Å². The zero-order chi connectivity index (χ0) is 19.6. The summed E-state index contributed by atoms with van der Waals surface area (Å²) in [7, 11) is 1.74. The fourth-order valence-electron chi connectivity index (χ4n) is 2.97. The molecule has 0 saturated carbocycles. The van der Waals surface area contributed by atoms with Crippen LogP contribution in [-0.2, 0) is 17.6 Å². The maximum atomic E-state index is 12.4. The molecule has 4 heteroatoms. The summed E-state index contributed by atoms with van der Waals surface area (Å²) < 4.78 is 0. The number of carbonyl (C=O) groups is 1. The maximum absolute atomic E-state index is 12.4. The van der Waals surface area contributed by atoms with E-state index < -0.39 is 0 Å². The number of hydrogen-bond donors (Lipinski definition) is 1. The summed E-state index contributed by atoms with van der Waals surface area (Å²) in [6.45, 7) is 6.23. The zero-order valence-electron chi connectivity index (χ0n) is 16.5. The number of pyridine rings is 1. The molecule has 0 atom stereocenters. The van der Waals surface area contributed by atoms with Crippen molar-refractivity contribution in [2.75, 3.05) is 12.4 Å². The van der Waals surface area contributed by atoms with Crippen molar-refractivity contribution in [1.82, 2.24) is 4.98 Å². The number of nitrogens with zero attached hydrogens (tertiary/aromatic N) is 2. The largest absolute Gasteiger partial charge is 0.323 e. The molecule has 140 valence electrons. The van der Waals surface area contributed by atoms with E-state index in [1.807, 2.05) is 25.1 Å². The fourth-order valence-corrected chi connectivity index (χ4v) is 2.97. The predicted molar refractivity (Wildman–Crippen MR) is 115 cm³/mol. The molecule has 0 fully saturated rings. The summed E-state index contributed by atoms with van der Waals surface area (Å²) in [4.78, 5) is 20.6. The van der Waals surface area contributed by atoms with E-state index in [1.165, 1.54) is 17.2 Å². The van der Waals surface area contributed by atoms with Crippen LogP contribution >= 0.6 is 0 Å². The molecule has 27 heavy (non-hydrogen) atoms. The third kappa shape index (κ3) is 5.48. The van der Waals surface area contributed by atoms with Crippen molar-refractivity contribution >= 4 is 29.5 Å². The number of benzene rings is 1. The number of rotatable bonds is 7. The third-order valence-electron chi connectivity index (χ3n) is 4.39. The smallest absolute Gasteiger partial charge is 0.248 e. The van der Waals surface area contributed by atoms with E-state index in [4.69, 9.17) is 0 Å². The third-order valence-corrected chi connectivity index (χ3v) is 4.39. The van der Waals surface area contributed by atoms with Gasteiger partial charge in [0, 0.05) is 43.0 Å². The Morgan fingerprint density at radius 3 is 2.63 bits per heavy atom. The molecule has 0 bridgehead atoms. The second-order valence-corrected chi connectivity index (χ2v) is 6.11. The van der Waals surface area contributed by atoms with Crippen LogP contribution in [0.5, 0.6) is 0 Å². The average molecular weight is 361 g/mol. The van der Waals surface area contributed by atoms with Crippen LogP contribution in [0.2, 0.25) is 0 Å². The van der Waals surface area contributed by atoms with Gasteiger partial charge in [0.1, 0.15) is 0 Å². The lowest BCUT2D eigenvalue weighted by molar-refractivity contribution is -0.111. The van der Waals surface area contributed by atoms with E-state index in [9.17, 15) is 4.79 Å².